The minimum Gasteiger partial charge on any atom is -0.494 e. The first-order chi connectivity index (χ1) is 11.2. The van der Waals surface area contributed by atoms with Crippen molar-refractivity contribution in [3.63, 3.8) is 0 Å². The van der Waals surface area contributed by atoms with Gasteiger partial charge in [-0.2, -0.15) is 0 Å². The minimum atomic E-state index is 0.510. The fourth-order valence-corrected chi connectivity index (χ4v) is 3.45. The number of hydrogen-bond acceptors (Lipinski definition) is 8. The maximum Gasteiger partial charge on any atom is 0.247 e. The van der Waals surface area contributed by atoms with Crippen LogP contribution in [0.25, 0.3) is 11.5 Å². The molecule has 0 spiro atoms. The van der Waals surface area contributed by atoms with Crippen LogP contribution in [-0.4, -0.2) is 27.0 Å². The molecule has 0 amide bonds. The molecule has 3 rings (SSSR count). The van der Waals surface area contributed by atoms with E-state index in [4.69, 9.17) is 9.15 Å². The summed E-state index contributed by atoms with van der Waals surface area (Å²) < 4.78 is 12.2. The lowest BCUT2D eigenvalue weighted by Gasteiger charge is -2.03. The summed E-state index contributed by atoms with van der Waals surface area (Å²) in [6, 6.07) is 7.66. The number of aryl methyl sites for hydroxylation is 1. The van der Waals surface area contributed by atoms with Crippen molar-refractivity contribution >= 4 is 23.1 Å². The highest BCUT2D eigenvalue weighted by molar-refractivity contribution is 8.00. The van der Waals surface area contributed by atoms with Gasteiger partial charge in [-0.15, -0.1) is 20.4 Å². The van der Waals surface area contributed by atoms with Crippen molar-refractivity contribution in [3.05, 3.63) is 35.2 Å². The van der Waals surface area contributed by atoms with E-state index in [1.165, 1.54) is 0 Å². The predicted octanol–water partition coefficient (Wildman–Crippen LogP) is 3.98. The van der Waals surface area contributed by atoms with Gasteiger partial charge in [-0.3, -0.25) is 0 Å². The lowest BCUT2D eigenvalue weighted by atomic mass is 10.2. The van der Waals surface area contributed by atoms with Crippen molar-refractivity contribution in [2.24, 2.45) is 0 Å². The number of hydrogen-bond donors (Lipinski definition) is 0. The monoisotopic (exact) mass is 348 g/mol. The molecule has 0 fully saturated rings. The van der Waals surface area contributed by atoms with E-state index in [1.54, 1.807) is 23.1 Å². The fourth-order valence-electron chi connectivity index (χ4n) is 1.80. The predicted molar refractivity (Wildman–Crippen MR) is 89.7 cm³/mol. The SMILES string of the molecule is CCCOc1ccc(-c2nnc(CSc3nnc(C)s3)o2)cc1. The van der Waals surface area contributed by atoms with Gasteiger partial charge in [0.1, 0.15) is 10.8 Å². The van der Waals surface area contributed by atoms with E-state index < -0.39 is 0 Å². The van der Waals surface area contributed by atoms with E-state index in [1.807, 2.05) is 31.2 Å². The maximum absolute atomic E-state index is 5.69. The Morgan fingerprint density at radius 3 is 2.65 bits per heavy atom. The second-order valence-electron chi connectivity index (χ2n) is 4.75. The van der Waals surface area contributed by atoms with Crippen molar-refractivity contribution in [3.8, 4) is 17.2 Å². The minimum absolute atomic E-state index is 0.510. The highest BCUT2D eigenvalue weighted by atomic mass is 32.2. The molecule has 0 saturated carbocycles. The highest BCUT2D eigenvalue weighted by Crippen LogP contribution is 2.27. The Bertz CT molecular complexity index is 755. The highest BCUT2D eigenvalue weighted by Gasteiger charge is 2.10. The Morgan fingerprint density at radius 1 is 1.13 bits per heavy atom. The largest absolute Gasteiger partial charge is 0.494 e. The second kappa shape index (κ2) is 7.56. The van der Waals surface area contributed by atoms with Gasteiger partial charge in [-0.25, -0.2) is 0 Å². The van der Waals surface area contributed by atoms with Crippen LogP contribution in [0, 0.1) is 6.92 Å². The Kier molecular flexibility index (Phi) is 5.24. The molecule has 3 aromatic rings. The van der Waals surface area contributed by atoms with Crippen LogP contribution in [0.4, 0.5) is 0 Å². The van der Waals surface area contributed by atoms with Gasteiger partial charge >= 0.3 is 0 Å². The first-order valence-corrected chi connectivity index (χ1v) is 9.03. The standard InChI is InChI=1S/C15H16N4O2S2/c1-3-8-20-12-6-4-11(5-7-12)14-18-17-13(21-14)9-22-15-19-16-10(2)23-15/h4-7H,3,8-9H2,1-2H3. The van der Waals surface area contributed by atoms with Gasteiger partial charge in [0.15, 0.2) is 4.34 Å². The molecule has 0 atom stereocenters. The van der Waals surface area contributed by atoms with Gasteiger partial charge in [-0.05, 0) is 37.6 Å². The Morgan fingerprint density at radius 2 is 1.96 bits per heavy atom. The van der Waals surface area contributed by atoms with Crippen molar-refractivity contribution in [1.82, 2.24) is 20.4 Å². The van der Waals surface area contributed by atoms with E-state index in [9.17, 15) is 0 Å². The number of thioether (sulfide) groups is 1. The van der Waals surface area contributed by atoms with Crippen molar-refractivity contribution in [2.45, 2.75) is 30.4 Å². The summed E-state index contributed by atoms with van der Waals surface area (Å²) in [5, 5.41) is 17.2. The third kappa shape index (κ3) is 4.29. The molecule has 2 aromatic heterocycles. The van der Waals surface area contributed by atoms with Crippen molar-refractivity contribution in [2.75, 3.05) is 6.61 Å². The van der Waals surface area contributed by atoms with Crippen LogP contribution in [0.1, 0.15) is 24.2 Å². The summed E-state index contributed by atoms with van der Waals surface area (Å²) in [7, 11) is 0. The average Bonchev–Trinajstić information content (AvgIpc) is 3.20. The summed E-state index contributed by atoms with van der Waals surface area (Å²) in [6.07, 6.45) is 0.987. The zero-order valence-corrected chi connectivity index (χ0v) is 14.5. The molecule has 0 N–H and O–H groups in total. The normalized spacial score (nSPS) is 10.9. The maximum atomic E-state index is 5.69. The molecule has 0 aliphatic carbocycles. The topological polar surface area (TPSA) is 73.9 Å². The zero-order chi connectivity index (χ0) is 16.1. The second-order valence-corrected chi connectivity index (χ2v) is 7.15. The smallest absolute Gasteiger partial charge is 0.247 e. The van der Waals surface area contributed by atoms with Gasteiger partial charge in [0.25, 0.3) is 0 Å². The van der Waals surface area contributed by atoms with Crippen molar-refractivity contribution < 1.29 is 9.15 Å². The molecule has 0 bridgehead atoms. The Balaban J connectivity index is 1.62. The molecule has 0 aliphatic heterocycles. The molecule has 1 aromatic carbocycles. The van der Waals surface area contributed by atoms with Crippen LogP contribution in [0.15, 0.2) is 33.0 Å². The quantitative estimate of drug-likeness (QED) is 0.598. The van der Waals surface area contributed by atoms with Crippen LogP contribution in [0.2, 0.25) is 0 Å². The molecule has 6 nitrogen and oxygen atoms in total. The first-order valence-electron chi connectivity index (χ1n) is 7.23. The van der Waals surface area contributed by atoms with Crippen LogP contribution in [-0.2, 0) is 5.75 Å². The molecule has 2 heterocycles. The first kappa shape index (κ1) is 15.9. The van der Waals surface area contributed by atoms with Gasteiger partial charge in [-0.1, -0.05) is 30.0 Å². The van der Waals surface area contributed by atoms with Crippen LogP contribution < -0.4 is 4.74 Å². The van der Waals surface area contributed by atoms with Gasteiger partial charge in [0.2, 0.25) is 11.8 Å². The molecule has 23 heavy (non-hydrogen) atoms. The van der Waals surface area contributed by atoms with E-state index in [0.29, 0.717) is 24.1 Å². The summed E-state index contributed by atoms with van der Waals surface area (Å²) in [6.45, 7) is 4.72. The van der Waals surface area contributed by atoms with Crippen LogP contribution in [0.5, 0.6) is 5.75 Å². The zero-order valence-electron chi connectivity index (χ0n) is 12.9. The lowest BCUT2D eigenvalue weighted by molar-refractivity contribution is 0.317. The van der Waals surface area contributed by atoms with E-state index >= 15 is 0 Å². The van der Waals surface area contributed by atoms with Gasteiger partial charge < -0.3 is 9.15 Å². The molecule has 0 unspecified atom stereocenters. The summed E-state index contributed by atoms with van der Waals surface area (Å²) in [5.41, 5.74) is 0.879. The number of benzene rings is 1. The molecular formula is C15H16N4O2S2. The van der Waals surface area contributed by atoms with Crippen LogP contribution in [0.3, 0.4) is 0 Å². The molecule has 8 heteroatoms. The Hall–Kier alpha value is -1.93. The summed E-state index contributed by atoms with van der Waals surface area (Å²) in [4.78, 5) is 0. The van der Waals surface area contributed by atoms with Gasteiger partial charge in [0, 0.05) is 5.56 Å². The average molecular weight is 348 g/mol. The van der Waals surface area contributed by atoms with Gasteiger partial charge in [0.05, 0.1) is 12.4 Å². The van der Waals surface area contributed by atoms with E-state index in [-0.39, 0.29) is 0 Å². The summed E-state index contributed by atoms with van der Waals surface area (Å²) >= 11 is 3.10. The number of rotatable bonds is 7. The molecule has 120 valence electrons. The fraction of sp³-hybridized carbons (Fsp3) is 0.333. The van der Waals surface area contributed by atoms with Crippen molar-refractivity contribution in [1.29, 1.82) is 0 Å². The summed E-state index contributed by atoms with van der Waals surface area (Å²) in [5.74, 6) is 2.51. The molecule has 0 aliphatic rings. The number of nitrogens with zero attached hydrogens (tertiary/aromatic N) is 4. The lowest BCUT2D eigenvalue weighted by Crippen LogP contribution is -1.94. The van der Waals surface area contributed by atoms with E-state index in [2.05, 4.69) is 27.3 Å². The van der Waals surface area contributed by atoms with E-state index in [0.717, 1.165) is 27.1 Å². The molecule has 0 saturated heterocycles. The molecule has 0 radical (unpaired) electrons. The molecular weight excluding hydrogens is 332 g/mol. The van der Waals surface area contributed by atoms with Crippen LogP contribution >= 0.6 is 23.1 Å². The number of aromatic nitrogens is 4. The third-order valence-corrected chi connectivity index (χ3v) is 4.82. The number of ether oxygens (including phenoxy) is 1. The third-order valence-electron chi connectivity index (χ3n) is 2.87. The Labute approximate surface area is 142 Å².